The summed E-state index contributed by atoms with van der Waals surface area (Å²) in [7, 11) is 0. The predicted molar refractivity (Wildman–Crippen MR) is 57.0 cm³/mol. The maximum absolute atomic E-state index is 10.3. The second-order valence-corrected chi connectivity index (χ2v) is 3.68. The normalized spacial score (nSPS) is 9.93. The third kappa shape index (κ3) is 4.59. The summed E-state index contributed by atoms with van der Waals surface area (Å²) in [5, 5.41) is 12.0. The molecule has 1 aromatic rings. The van der Waals surface area contributed by atoms with Crippen LogP contribution in [0.5, 0.6) is 0 Å². The number of nitrogens with zero attached hydrogens (tertiary/aromatic N) is 3. The van der Waals surface area contributed by atoms with Crippen LogP contribution >= 0.6 is 11.8 Å². The van der Waals surface area contributed by atoms with Gasteiger partial charge in [-0.3, -0.25) is 4.79 Å². The van der Waals surface area contributed by atoms with Crippen LogP contribution in [0.3, 0.4) is 0 Å². The Balaban J connectivity index is 2.46. The molecular formula is C8H12N4O2S. The monoisotopic (exact) mass is 228 g/mol. The number of carboxylic acid groups (broad SMARTS) is 1. The van der Waals surface area contributed by atoms with E-state index >= 15 is 0 Å². The smallest absolute Gasteiger partial charge is 0.304 e. The van der Waals surface area contributed by atoms with E-state index in [2.05, 4.69) is 20.3 Å². The molecule has 0 radical (unpaired) electrons. The Labute approximate surface area is 91.5 Å². The molecule has 0 spiro atoms. The quantitative estimate of drug-likeness (QED) is 0.698. The van der Waals surface area contributed by atoms with Gasteiger partial charge in [-0.25, -0.2) is 9.97 Å². The first-order valence-electron chi connectivity index (χ1n) is 4.50. The SMILES string of the molecule is CCNc1ncnc(SCCC(=O)O)n1. The third-order valence-electron chi connectivity index (χ3n) is 1.43. The van der Waals surface area contributed by atoms with E-state index in [0.29, 0.717) is 16.9 Å². The lowest BCUT2D eigenvalue weighted by molar-refractivity contribution is -0.136. The highest BCUT2D eigenvalue weighted by molar-refractivity contribution is 7.99. The number of carboxylic acids is 1. The lowest BCUT2D eigenvalue weighted by Gasteiger charge is -2.01. The molecule has 15 heavy (non-hydrogen) atoms. The minimum Gasteiger partial charge on any atom is -0.481 e. The average Bonchev–Trinajstić information content (AvgIpc) is 2.18. The van der Waals surface area contributed by atoms with Gasteiger partial charge in [0.2, 0.25) is 5.95 Å². The molecule has 1 rings (SSSR count). The number of nitrogens with one attached hydrogen (secondary N) is 1. The number of carbonyl (C=O) groups is 1. The fraction of sp³-hybridized carbons (Fsp3) is 0.500. The van der Waals surface area contributed by atoms with Crippen LogP contribution in [0.1, 0.15) is 13.3 Å². The van der Waals surface area contributed by atoms with Crippen molar-refractivity contribution >= 4 is 23.7 Å². The highest BCUT2D eigenvalue weighted by atomic mass is 32.2. The summed E-state index contributed by atoms with van der Waals surface area (Å²) in [6.07, 6.45) is 1.51. The standard InChI is InChI=1S/C8H12N4O2S/c1-2-9-7-10-5-11-8(12-7)15-4-3-6(13)14/h5H,2-4H2,1H3,(H,13,14)(H,9,10,11,12). The van der Waals surface area contributed by atoms with E-state index < -0.39 is 5.97 Å². The van der Waals surface area contributed by atoms with E-state index in [4.69, 9.17) is 5.11 Å². The van der Waals surface area contributed by atoms with E-state index in [9.17, 15) is 4.79 Å². The Morgan fingerprint density at radius 2 is 2.40 bits per heavy atom. The number of rotatable bonds is 6. The van der Waals surface area contributed by atoms with Gasteiger partial charge in [0, 0.05) is 12.3 Å². The molecule has 0 saturated heterocycles. The Morgan fingerprint density at radius 1 is 1.60 bits per heavy atom. The third-order valence-corrected chi connectivity index (χ3v) is 2.29. The summed E-state index contributed by atoms with van der Waals surface area (Å²) >= 11 is 1.31. The fourth-order valence-corrected chi connectivity index (χ4v) is 1.56. The van der Waals surface area contributed by atoms with Crippen molar-refractivity contribution < 1.29 is 9.90 Å². The zero-order valence-corrected chi connectivity index (χ0v) is 9.12. The van der Waals surface area contributed by atoms with Crippen LogP contribution in [-0.2, 0) is 4.79 Å². The zero-order valence-electron chi connectivity index (χ0n) is 8.30. The molecule has 2 N–H and O–H groups in total. The maximum Gasteiger partial charge on any atom is 0.304 e. The van der Waals surface area contributed by atoms with Crippen LogP contribution in [0, 0.1) is 0 Å². The van der Waals surface area contributed by atoms with E-state index in [0.717, 1.165) is 6.54 Å². The van der Waals surface area contributed by atoms with Gasteiger partial charge in [-0.2, -0.15) is 4.98 Å². The van der Waals surface area contributed by atoms with Gasteiger partial charge in [0.1, 0.15) is 6.33 Å². The molecule has 0 unspecified atom stereocenters. The summed E-state index contributed by atoms with van der Waals surface area (Å²) in [6, 6.07) is 0. The lowest BCUT2D eigenvalue weighted by atomic mass is 10.5. The lowest BCUT2D eigenvalue weighted by Crippen LogP contribution is -2.03. The van der Waals surface area contributed by atoms with Crippen LogP contribution in [0.4, 0.5) is 5.95 Å². The number of aromatic nitrogens is 3. The number of hydrogen-bond donors (Lipinski definition) is 2. The van der Waals surface area contributed by atoms with Crippen molar-refractivity contribution in [1.29, 1.82) is 0 Å². The second-order valence-electron chi connectivity index (χ2n) is 2.61. The maximum atomic E-state index is 10.3. The molecule has 1 heterocycles. The van der Waals surface area contributed by atoms with Gasteiger partial charge in [0.15, 0.2) is 5.16 Å². The van der Waals surface area contributed by atoms with Crippen molar-refractivity contribution in [2.24, 2.45) is 0 Å². The largest absolute Gasteiger partial charge is 0.481 e. The molecule has 0 saturated carbocycles. The van der Waals surface area contributed by atoms with Crippen molar-refractivity contribution in [2.45, 2.75) is 18.5 Å². The van der Waals surface area contributed by atoms with Gasteiger partial charge in [-0.1, -0.05) is 11.8 Å². The number of thioether (sulfide) groups is 1. The highest BCUT2D eigenvalue weighted by Gasteiger charge is 2.02. The van der Waals surface area contributed by atoms with Gasteiger partial charge in [-0.05, 0) is 6.92 Å². The Hall–Kier alpha value is -1.37. The van der Waals surface area contributed by atoms with E-state index in [1.165, 1.54) is 18.1 Å². The van der Waals surface area contributed by atoms with Crippen molar-refractivity contribution in [3.05, 3.63) is 6.33 Å². The topological polar surface area (TPSA) is 88.0 Å². The van der Waals surface area contributed by atoms with Crippen molar-refractivity contribution in [3.63, 3.8) is 0 Å². The fourth-order valence-electron chi connectivity index (χ4n) is 0.824. The van der Waals surface area contributed by atoms with Gasteiger partial charge < -0.3 is 10.4 Å². The molecule has 1 aromatic heterocycles. The molecule has 0 aliphatic heterocycles. The molecule has 0 aliphatic carbocycles. The van der Waals surface area contributed by atoms with E-state index in [1.54, 1.807) is 0 Å². The Kier molecular flexibility index (Phi) is 4.82. The Bertz CT molecular complexity index is 334. The molecule has 0 bridgehead atoms. The van der Waals surface area contributed by atoms with Crippen molar-refractivity contribution in [3.8, 4) is 0 Å². The van der Waals surface area contributed by atoms with E-state index in [-0.39, 0.29) is 6.42 Å². The summed E-state index contributed by atoms with van der Waals surface area (Å²) in [5.41, 5.74) is 0. The summed E-state index contributed by atoms with van der Waals surface area (Å²) in [5.74, 6) is 0.166. The first-order chi connectivity index (χ1) is 7.22. The molecule has 7 heteroatoms. The molecule has 0 amide bonds. The predicted octanol–water partition coefficient (Wildman–Crippen LogP) is 0.870. The first kappa shape index (κ1) is 11.7. The molecule has 0 atom stereocenters. The van der Waals surface area contributed by atoms with Gasteiger partial charge in [0.25, 0.3) is 0 Å². The van der Waals surface area contributed by atoms with Gasteiger partial charge in [0.05, 0.1) is 6.42 Å². The first-order valence-corrected chi connectivity index (χ1v) is 5.48. The van der Waals surface area contributed by atoms with Crippen molar-refractivity contribution in [2.75, 3.05) is 17.6 Å². The van der Waals surface area contributed by atoms with Crippen LogP contribution in [0.2, 0.25) is 0 Å². The molecule has 0 aromatic carbocycles. The minimum absolute atomic E-state index is 0.104. The summed E-state index contributed by atoms with van der Waals surface area (Å²) in [4.78, 5) is 22.2. The number of hydrogen-bond acceptors (Lipinski definition) is 6. The van der Waals surface area contributed by atoms with E-state index in [1.807, 2.05) is 6.92 Å². The van der Waals surface area contributed by atoms with Gasteiger partial charge >= 0.3 is 5.97 Å². The van der Waals surface area contributed by atoms with Crippen LogP contribution in [0.15, 0.2) is 11.5 Å². The molecular weight excluding hydrogens is 216 g/mol. The minimum atomic E-state index is -0.816. The second kappa shape index (κ2) is 6.18. The summed E-state index contributed by atoms with van der Waals surface area (Å²) in [6.45, 7) is 2.68. The molecule has 0 fully saturated rings. The van der Waals surface area contributed by atoms with Gasteiger partial charge in [-0.15, -0.1) is 0 Å². The molecule has 82 valence electrons. The highest BCUT2D eigenvalue weighted by Crippen LogP contribution is 2.13. The average molecular weight is 228 g/mol. The summed E-state index contributed by atoms with van der Waals surface area (Å²) < 4.78 is 0. The molecule has 6 nitrogen and oxygen atoms in total. The Morgan fingerprint density at radius 3 is 3.07 bits per heavy atom. The molecule has 0 aliphatic rings. The number of anilines is 1. The van der Waals surface area contributed by atoms with Crippen LogP contribution < -0.4 is 5.32 Å². The van der Waals surface area contributed by atoms with Crippen molar-refractivity contribution in [1.82, 2.24) is 15.0 Å². The number of aliphatic carboxylic acids is 1. The van der Waals surface area contributed by atoms with Crippen LogP contribution in [0.25, 0.3) is 0 Å². The van der Waals surface area contributed by atoms with Crippen LogP contribution in [-0.4, -0.2) is 38.3 Å². The zero-order chi connectivity index (χ0) is 11.1.